The molecule has 0 aliphatic carbocycles. The predicted octanol–water partition coefficient (Wildman–Crippen LogP) is 2.76. The van der Waals surface area contributed by atoms with Crippen LogP contribution in [0.4, 0.5) is 0 Å². The third-order valence-corrected chi connectivity index (χ3v) is 3.76. The summed E-state index contributed by atoms with van der Waals surface area (Å²) in [6, 6.07) is 5.53. The maximum Gasteiger partial charge on any atom is 0.307 e. The standard InChI is InChI=1S/C16H21ClN4O2/c1-11(2)5-13(16(22)23)8-18-7-12-3-4-14(17)6-15(12)21-10-19-9-20-21/h3-4,6,9-11,13,18H,5,7-8H2,1-2H3,(H,22,23). The summed E-state index contributed by atoms with van der Waals surface area (Å²) in [6.45, 7) is 5.01. The van der Waals surface area contributed by atoms with Gasteiger partial charge < -0.3 is 10.4 Å². The summed E-state index contributed by atoms with van der Waals surface area (Å²) in [4.78, 5) is 15.2. The minimum atomic E-state index is -0.765. The molecule has 7 heteroatoms. The van der Waals surface area contributed by atoms with Gasteiger partial charge in [0, 0.05) is 18.1 Å². The van der Waals surface area contributed by atoms with Crippen LogP contribution in [-0.2, 0) is 11.3 Å². The fourth-order valence-corrected chi connectivity index (χ4v) is 2.62. The van der Waals surface area contributed by atoms with Crippen LogP contribution in [0, 0.1) is 11.8 Å². The first kappa shape index (κ1) is 17.4. The molecule has 124 valence electrons. The van der Waals surface area contributed by atoms with Crippen molar-refractivity contribution >= 4 is 17.6 Å². The lowest BCUT2D eigenvalue weighted by molar-refractivity contribution is -0.142. The maximum absolute atomic E-state index is 11.3. The molecule has 1 atom stereocenters. The molecule has 1 aromatic heterocycles. The first-order valence-corrected chi connectivity index (χ1v) is 7.92. The van der Waals surface area contributed by atoms with Crippen LogP contribution in [-0.4, -0.2) is 32.4 Å². The van der Waals surface area contributed by atoms with Crippen molar-refractivity contribution in [1.82, 2.24) is 20.1 Å². The van der Waals surface area contributed by atoms with Crippen LogP contribution in [0.1, 0.15) is 25.8 Å². The second-order valence-corrected chi connectivity index (χ2v) is 6.35. The molecule has 6 nitrogen and oxygen atoms in total. The number of nitrogens with one attached hydrogen (secondary N) is 1. The lowest BCUT2D eigenvalue weighted by atomic mass is 9.97. The van der Waals surface area contributed by atoms with E-state index < -0.39 is 11.9 Å². The zero-order valence-electron chi connectivity index (χ0n) is 13.2. The van der Waals surface area contributed by atoms with Crippen molar-refractivity contribution in [2.24, 2.45) is 11.8 Å². The van der Waals surface area contributed by atoms with E-state index in [0.717, 1.165) is 11.3 Å². The second kappa shape index (κ2) is 8.08. The number of nitrogens with zero attached hydrogens (tertiary/aromatic N) is 3. The van der Waals surface area contributed by atoms with Crippen molar-refractivity contribution in [2.75, 3.05) is 6.54 Å². The Morgan fingerprint density at radius 1 is 1.43 bits per heavy atom. The van der Waals surface area contributed by atoms with Crippen molar-refractivity contribution in [3.8, 4) is 5.69 Å². The fraction of sp³-hybridized carbons (Fsp3) is 0.438. The zero-order chi connectivity index (χ0) is 16.8. The zero-order valence-corrected chi connectivity index (χ0v) is 14.0. The monoisotopic (exact) mass is 336 g/mol. The Balaban J connectivity index is 2.04. The van der Waals surface area contributed by atoms with Gasteiger partial charge in [-0.3, -0.25) is 4.79 Å². The van der Waals surface area contributed by atoms with Crippen molar-refractivity contribution in [1.29, 1.82) is 0 Å². The summed E-state index contributed by atoms with van der Waals surface area (Å²) in [5, 5.41) is 17.2. The predicted molar refractivity (Wildman–Crippen MR) is 88.7 cm³/mol. The number of halogens is 1. The molecule has 2 rings (SSSR count). The molecular formula is C16H21ClN4O2. The number of rotatable bonds is 8. The average Bonchev–Trinajstić information content (AvgIpc) is 3.01. The van der Waals surface area contributed by atoms with Gasteiger partial charge in [0.05, 0.1) is 11.6 Å². The summed E-state index contributed by atoms with van der Waals surface area (Å²) in [7, 11) is 0. The molecule has 0 aliphatic heterocycles. The topological polar surface area (TPSA) is 80.0 Å². The number of carboxylic acids is 1. The first-order chi connectivity index (χ1) is 11.0. The summed E-state index contributed by atoms with van der Waals surface area (Å²) < 4.78 is 1.64. The molecule has 23 heavy (non-hydrogen) atoms. The normalized spacial score (nSPS) is 12.5. The minimum absolute atomic E-state index is 0.346. The molecule has 2 N–H and O–H groups in total. The number of carboxylic acid groups (broad SMARTS) is 1. The van der Waals surface area contributed by atoms with Gasteiger partial charge in [0.15, 0.2) is 0 Å². The van der Waals surface area contributed by atoms with Crippen LogP contribution in [0.25, 0.3) is 5.69 Å². The molecular weight excluding hydrogens is 316 g/mol. The Morgan fingerprint density at radius 2 is 2.22 bits per heavy atom. The van der Waals surface area contributed by atoms with Gasteiger partial charge in [-0.15, -0.1) is 0 Å². The van der Waals surface area contributed by atoms with E-state index in [4.69, 9.17) is 11.6 Å². The van der Waals surface area contributed by atoms with Crippen LogP contribution in [0.2, 0.25) is 5.02 Å². The Kier molecular flexibility index (Phi) is 6.12. The summed E-state index contributed by atoms with van der Waals surface area (Å²) in [5.74, 6) is -0.810. The maximum atomic E-state index is 11.3. The van der Waals surface area contributed by atoms with Crippen LogP contribution < -0.4 is 5.32 Å². The van der Waals surface area contributed by atoms with Gasteiger partial charge >= 0.3 is 5.97 Å². The third kappa shape index (κ3) is 5.04. The molecule has 1 heterocycles. The molecule has 1 unspecified atom stereocenters. The molecule has 0 fully saturated rings. The highest BCUT2D eigenvalue weighted by atomic mass is 35.5. The highest BCUT2D eigenvalue weighted by Gasteiger charge is 2.18. The minimum Gasteiger partial charge on any atom is -0.481 e. The number of carbonyl (C=O) groups is 1. The number of aliphatic carboxylic acids is 1. The van der Waals surface area contributed by atoms with E-state index in [-0.39, 0.29) is 0 Å². The Labute approximate surface area is 140 Å². The molecule has 0 aliphatic rings. The van der Waals surface area contributed by atoms with Gasteiger partial charge in [0.1, 0.15) is 12.7 Å². The Morgan fingerprint density at radius 3 is 2.83 bits per heavy atom. The molecule has 0 spiro atoms. The molecule has 0 amide bonds. The van der Waals surface area contributed by atoms with E-state index >= 15 is 0 Å². The smallest absolute Gasteiger partial charge is 0.307 e. The molecule has 2 aromatic rings. The lowest BCUT2D eigenvalue weighted by Gasteiger charge is -2.16. The molecule has 1 aromatic carbocycles. The van der Waals surface area contributed by atoms with Crippen molar-refractivity contribution in [2.45, 2.75) is 26.8 Å². The van der Waals surface area contributed by atoms with E-state index in [9.17, 15) is 9.90 Å². The van der Waals surface area contributed by atoms with Crippen LogP contribution >= 0.6 is 11.6 Å². The molecule has 0 saturated heterocycles. The Hall–Kier alpha value is -1.92. The molecule has 0 saturated carbocycles. The number of hydrogen-bond acceptors (Lipinski definition) is 4. The summed E-state index contributed by atoms with van der Waals surface area (Å²) in [6.07, 6.45) is 3.72. The first-order valence-electron chi connectivity index (χ1n) is 7.54. The van der Waals surface area contributed by atoms with Gasteiger partial charge in [-0.05, 0) is 30.0 Å². The van der Waals surface area contributed by atoms with Crippen LogP contribution in [0.15, 0.2) is 30.9 Å². The van der Waals surface area contributed by atoms with Gasteiger partial charge in [0.25, 0.3) is 0 Å². The van der Waals surface area contributed by atoms with Crippen molar-refractivity contribution < 1.29 is 9.90 Å². The van der Waals surface area contributed by atoms with Gasteiger partial charge in [-0.1, -0.05) is 31.5 Å². The quantitative estimate of drug-likeness (QED) is 0.774. The largest absolute Gasteiger partial charge is 0.481 e. The third-order valence-electron chi connectivity index (χ3n) is 3.52. The Bertz CT molecular complexity index is 644. The van der Waals surface area contributed by atoms with E-state index in [0.29, 0.717) is 30.5 Å². The van der Waals surface area contributed by atoms with E-state index in [1.807, 2.05) is 32.0 Å². The van der Waals surface area contributed by atoms with E-state index in [1.165, 1.54) is 6.33 Å². The summed E-state index contributed by atoms with van der Waals surface area (Å²) in [5.41, 5.74) is 1.81. The van der Waals surface area contributed by atoms with Crippen LogP contribution in [0.3, 0.4) is 0 Å². The van der Waals surface area contributed by atoms with Crippen molar-refractivity contribution in [3.05, 3.63) is 41.4 Å². The highest BCUT2D eigenvalue weighted by Crippen LogP contribution is 2.19. The second-order valence-electron chi connectivity index (χ2n) is 5.91. The molecule has 0 radical (unpaired) electrons. The highest BCUT2D eigenvalue weighted by molar-refractivity contribution is 6.30. The van der Waals surface area contributed by atoms with E-state index in [2.05, 4.69) is 15.4 Å². The number of benzene rings is 1. The number of hydrogen-bond donors (Lipinski definition) is 2. The lowest BCUT2D eigenvalue weighted by Crippen LogP contribution is -2.29. The van der Waals surface area contributed by atoms with Gasteiger partial charge in [-0.25, -0.2) is 9.67 Å². The van der Waals surface area contributed by atoms with Gasteiger partial charge in [0.2, 0.25) is 0 Å². The SMILES string of the molecule is CC(C)CC(CNCc1ccc(Cl)cc1-n1cncn1)C(=O)O. The van der Waals surface area contributed by atoms with E-state index in [1.54, 1.807) is 11.0 Å². The van der Waals surface area contributed by atoms with Crippen molar-refractivity contribution in [3.63, 3.8) is 0 Å². The van der Waals surface area contributed by atoms with Gasteiger partial charge in [-0.2, -0.15) is 5.10 Å². The average molecular weight is 337 g/mol. The fourth-order valence-electron chi connectivity index (χ4n) is 2.45. The molecule has 0 bridgehead atoms. The number of aromatic nitrogens is 3. The van der Waals surface area contributed by atoms with Crippen LogP contribution in [0.5, 0.6) is 0 Å². The summed E-state index contributed by atoms with van der Waals surface area (Å²) >= 11 is 6.06.